The summed E-state index contributed by atoms with van der Waals surface area (Å²) >= 11 is 5.85. The normalized spacial score (nSPS) is 10.9. The third-order valence-electron chi connectivity index (χ3n) is 2.41. The van der Waals surface area contributed by atoms with Gasteiger partial charge in [-0.05, 0) is 18.1 Å². The van der Waals surface area contributed by atoms with Crippen molar-refractivity contribution in [3.05, 3.63) is 41.0 Å². The number of hydrogen-bond donors (Lipinski definition) is 1. The largest absolute Gasteiger partial charge is 0.285 e. The predicted octanol–water partition coefficient (Wildman–Crippen LogP) is 3.85. The van der Waals surface area contributed by atoms with E-state index in [2.05, 4.69) is 24.0 Å². The topological polar surface area (TPSA) is 28.7 Å². The molecular formula is C12H13ClN2. The number of aromatic nitrogens is 2. The number of nitrogens with zero attached hydrogens (tertiary/aromatic N) is 1. The molecule has 0 aliphatic heterocycles. The second-order valence-electron chi connectivity index (χ2n) is 3.85. The van der Waals surface area contributed by atoms with E-state index in [-0.39, 0.29) is 0 Å². The molecule has 0 spiro atoms. The maximum atomic E-state index is 5.85. The molecule has 0 bridgehead atoms. The van der Waals surface area contributed by atoms with Gasteiger partial charge in [0, 0.05) is 22.3 Å². The maximum Gasteiger partial charge on any atom is 0.0955 e. The van der Waals surface area contributed by atoms with Crippen LogP contribution < -0.4 is 0 Å². The van der Waals surface area contributed by atoms with Crippen LogP contribution in [-0.4, -0.2) is 10.2 Å². The first kappa shape index (κ1) is 10.2. The van der Waals surface area contributed by atoms with Gasteiger partial charge in [0.15, 0.2) is 0 Å². The molecule has 0 saturated heterocycles. The molecule has 1 heterocycles. The zero-order valence-electron chi connectivity index (χ0n) is 8.79. The molecule has 3 heteroatoms. The van der Waals surface area contributed by atoms with Crippen LogP contribution >= 0.6 is 11.6 Å². The van der Waals surface area contributed by atoms with Gasteiger partial charge in [0.25, 0.3) is 0 Å². The van der Waals surface area contributed by atoms with Crippen LogP contribution in [0.3, 0.4) is 0 Å². The third-order valence-corrected chi connectivity index (χ3v) is 2.66. The minimum atomic E-state index is 0.467. The highest BCUT2D eigenvalue weighted by Crippen LogP contribution is 2.27. The molecule has 1 aromatic carbocycles. The molecule has 0 unspecified atom stereocenters. The number of halogens is 1. The fourth-order valence-electron chi connectivity index (χ4n) is 1.58. The first-order chi connectivity index (χ1) is 7.18. The van der Waals surface area contributed by atoms with Crippen molar-refractivity contribution in [1.82, 2.24) is 10.2 Å². The van der Waals surface area contributed by atoms with Crippen molar-refractivity contribution in [2.75, 3.05) is 0 Å². The SMILES string of the molecule is CC(C)c1c[nH]nc1-c1ccc(Cl)cc1. The molecule has 78 valence electrons. The molecule has 0 aliphatic rings. The van der Waals surface area contributed by atoms with E-state index < -0.39 is 0 Å². The average molecular weight is 221 g/mol. The molecule has 1 N–H and O–H groups in total. The Bertz CT molecular complexity index is 443. The maximum absolute atomic E-state index is 5.85. The average Bonchev–Trinajstić information content (AvgIpc) is 2.67. The number of benzene rings is 1. The Hall–Kier alpha value is -1.28. The molecule has 0 amide bonds. The highest BCUT2D eigenvalue weighted by atomic mass is 35.5. The fraction of sp³-hybridized carbons (Fsp3) is 0.250. The zero-order valence-corrected chi connectivity index (χ0v) is 9.55. The number of H-pyrrole nitrogens is 1. The highest BCUT2D eigenvalue weighted by Gasteiger charge is 2.10. The Morgan fingerprint density at radius 2 is 1.87 bits per heavy atom. The number of hydrogen-bond acceptors (Lipinski definition) is 1. The van der Waals surface area contributed by atoms with Crippen LogP contribution in [0.15, 0.2) is 30.5 Å². The first-order valence-electron chi connectivity index (χ1n) is 4.98. The Morgan fingerprint density at radius 3 is 2.47 bits per heavy atom. The van der Waals surface area contributed by atoms with Crippen LogP contribution in [0.5, 0.6) is 0 Å². The van der Waals surface area contributed by atoms with Gasteiger partial charge >= 0.3 is 0 Å². The van der Waals surface area contributed by atoms with Crippen molar-refractivity contribution >= 4 is 11.6 Å². The summed E-state index contributed by atoms with van der Waals surface area (Å²) in [4.78, 5) is 0. The van der Waals surface area contributed by atoms with Crippen LogP contribution in [-0.2, 0) is 0 Å². The molecule has 2 aromatic rings. The summed E-state index contributed by atoms with van der Waals surface area (Å²) < 4.78 is 0. The molecule has 2 nitrogen and oxygen atoms in total. The van der Waals surface area contributed by atoms with Gasteiger partial charge in [-0.3, -0.25) is 5.10 Å². The molecule has 2 rings (SSSR count). The lowest BCUT2D eigenvalue weighted by Gasteiger charge is -2.05. The molecule has 0 aliphatic carbocycles. The van der Waals surface area contributed by atoms with E-state index in [0.29, 0.717) is 5.92 Å². The van der Waals surface area contributed by atoms with Gasteiger partial charge < -0.3 is 0 Å². The number of rotatable bonds is 2. The second kappa shape index (κ2) is 4.07. The molecule has 0 atom stereocenters. The van der Waals surface area contributed by atoms with E-state index in [1.54, 1.807) is 0 Å². The van der Waals surface area contributed by atoms with Gasteiger partial charge in [-0.15, -0.1) is 0 Å². The van der Waals surface area contributed by atoms with Crippen LogP contribution in [0.4, 0.5) is 0 Å². The summed E-state index contributed by atoms with van der Waals surface area (Å²) in [5.41, 5.74) is 3.35. The summed E-state index contributed by atoms with van der Waals surface area (Å²) in [7, 11) is 0. The Kier molecular flexibility index (Phi) is 2.78. The Balaban J connectivity index is 2.45. The Labute approximate surface area is 94.3 Å². The van der Waals surface area contributed by atoms with Gasteiger partial charge in [-0.2, -0.15) is 5.10 Å². The zero-order chi connectivity index (χ0) is 10.8. The Morgan fingerprint density at radius 1 is 1.20 bits per heavy atom. The fourth-order valence-corrected chi connectivity index (χ4v) is 1.70. The van der Waals surface area contributed by atoms with Crippen molar-refractivity contribution in [3.8, 4) is 11.3 Å². The number of aromatic amines is 1. The third kappa shape index (κ3) is 2.05. The van der Waals surface area contributed by atoms with E-state index in [1.807, 2.05) is 30.5 Å². The van der Waals surface area contributed by atoms with E-state index in [9.17, 15) is 0 Å². The summed E-state index contributed by atoms with van der Waals surface area (Å²) in [5, 5.41) is 7.93. The molecular weight excluding hydrogens is 208 g/mol. The van der Waals surface area contributed by atoms with Crippen molar-refractivity contribution in [1.29, 1.82) is 0 Å². The minimum absolute atomic E-state index is 0.467. The van der Waals surface area contributed by atoms with Gasteiger partial charge in [0.1, 0.15) is 0 Å². The molecule has 0 saturated carbocycles. The minimum Gasteiger partial charge on any atom is -0.285 e. The summed E-state index contributed by atoms with van der Waals surface area (Å²) in [6.45, 7) is 4.31. The molecule has 0 fully saturated rings. The van der Waals surface area contributed by atoms with Crippen LogP contribution in [0, 0.1) is 0 Å². The van der Waals surface area contributed by atoms with E-state index >= 15 is 0 Å². The van der Waals surface area contributed by atoms with Crippen molar-refractivity contribution < 1.29 is 0 Å². The van der Waals surface area contributed by atoms with Crippen LogP contribution in [0.2, 0.25) is 5.02 Å². The first-order valence-corrected chi connectivity index (χ1v) is 5.36. The summed E-state index contributed by atoms with van der Waals surface area (Å²) in [6, 6.07) is 7.75. The molecule has 1 aromatic heterocycles. The van der Waals surface area contributed by atoms with Gasteiger partial charge in [0.05, 0.1) is 5.69 Å². The lowest BCUT2D eigenvalue weighted by molar-refractivity contribution is 0.870. The summed E-state index contributed by atoms with van der Waals surface area (Å²) in [6.07, 6.45) is 1.95. The van der Waals surface area contributed by atoms with Gasteiger partial charge in [0.2, 0.25) is 0 Å². The quantitative estimate of drug-likeness (QED) is 0.818. The van der Waals surface area contributed by atoms with Crippen molar-refractivity contribution in [2.24, 2.45) is 0 Å². The molecule has 15 heavy (non-hydrogen) atoms. The van der Waals surface area contributed by atoms with Crippen molar-refractivity contribution in [3.63, 3.8) is 0 Å². The monoisotopic (exact) mass is 220 g/mol. The summed E-state index contributed by atoms with van der Waals surface area (Å²) in [5.74, 6) is 0.467. The van der Waals surface area contributed by atoms with Gasteiger partial charge in [-0.25, -0.2) is 0 Å². The standard InChI is InChI=1S/C12H13ClN2/c1-8(2)11-7-14-15-12(11)9-3-5-10(13)6-4-9/h3-8H,1-2H3,(H,14,15). The molecule has 0 radical (unpaired) electrons. The van der Waals surface area contributed by atoms with E-state index in [1.165, 1.54) is 5.56 Å². The van der Waals surface area contributed by atoms with E-state index in [0.717, 1.165) is 16.3 Å². The van der Waals surface area contributed by atoms with E-state index in [4.69, 9.17) is 11.6 Å². The highest BCUT2D eigenvalue weighted by molar-refractivity contribution is 6.30. The van der Waals surface area contributed by atoms with Crippen LogP contribution in [0.25, 0.3) is 11.3 Å². The van der Waals surface area contributed by atoms with Crippen LogP contribution in [0.1, 0.15) is 25.3 Å². The predicted molar refractivity (Wildman–Crippen MR) is 63.1 cm³/mol. The van der Waals surface area contributed by atoms with Gasteiger partial charge in [-0.1, -0.05) is 37.6 Å². The lowest BCUT2D eigenvalue weighted by Crippen LogP contribution is -1.88. The number of nitrogens with one attached hydrogen (secondary N) is 1. The van der Waals surface area contributed by atoms with Crippen molar-refractivity contribution in [2.45, 2.75) is 19.8 Å². The smallest absolute Gasteiger partial charge is 0.0955 e. The lowest BCUT2D eigenvalue weighted by atomic mass is 10.00. The second-order valence-corrected chi connectivity index (χ2v) is 4.29.